The second-order valence-corrected chi connectivity index (χ2v) is 4.54. The van der Waals surface area contributed by atoms with Crippen molar-refractivity contribution in [1.29, 1.82) is 0 Å². The molecule has 0 bridgehead atoms. The van der Waals surface area contributed by atoms with E-state index in [0.29, 0.717) is 17.1 Å². The number of esters is 1. The molecule has 20 heavy (non-hydrogen) atoms. The molecule has 3 aromatic heterocycles. The highest BCUT2D eigenvalue weighted by Crippen LogP contribution is 2.12. The molecule has 6 nitrogen and oxygen atoms in total. The summed E-state index contributed by atoms with van der Waals surface area (Å²) in [5.74, 6) is -0.416. The maximum atomic E-state index is 11.9. The summed E-state index contributed by atoms with van der Waals surface area (Å²) in [7, 11) is 1.75. The highest BCUT2D eigenvalue weighted by atomic mass is 16.5. The highest BCUT2D eigenvalue weighted by molar-refractivity contribution is 5.89. The molecule has 0 atom stereocenters. The van der Waals surface area contributed by atoms with Crippen LogP contribution in [0.4, 0.5) is 5.69 Å². The Morgan fingerprint density at radius 2 is 2.25 bits per heavy atom. The van der Waals surface area contributed by atoms with Crippen LogP contribution in [0.3, 0.4) is 0 Å². The first-order chi connectivity index (χ1) is 9.63. The van der Waals surface area contributed by atoms with Crippen LogP contribution in [0.5, 0.6) is 0 Å². The standard InChI is InChI=1S/C14H14N4O2/c1-17-7-10(15)6-12(17)14(19)20-9-11-8-18-5-3-2-4-13(18)16-11/h2-8H,9,15H2,1H3. The molecule has 0 saturated heterocycles. The summed E-state index contributed by atoms with van der Waals surface area (Å²) >= 11 is 0. The number of hydrogen-bond acceptors (Lipinski definition) is 4. The monoisotopic (exact) mass is 270 g/mol. The maximum Gasteiger partial charge on any atom is 0.355 e. The Morgan fingerprint density at radius 1 is 1.40 bits per heavy atom. The predicted molar refractivity (Wildman–Crippen MR) is 74.1 cm³/mol. The average molecular weight is 270 g/mol. The number of carbonyl (C=O) groups is 1. The molecule has 3 rings (SSSR count). The van der Waals surface area contributed by atoms with Gasteiger partial charge in [0, 0.05) is 25.6 Å². The zero-order valence-corrected chi connectivity index (χ0v) is 11.0. The minimum Gasteiger partial charge on any atom is -0.454 e. The summed E-state index contributed by atoms with van der Waals surface area (Å²) in [5.41, 5.74) is 8.11. The largest absolute Gasteiger partial charge is 0.454 e. The van der Waals surface area contributed by atoms with Crippen LogP contribution in [-0.2, 0) is 18.4 Å². The molecule has 0 unspecified atom stereocenters. The highest BCUT2D eigenvalue weighted by Gasteiger charge is 2.13. The minimum atomic E-state index is -0.416. The number of anilines is 1. The van der Waals surface area contributed by atoms with E-state index in [1.165, 1.54) is 0 Å². The van der Waals surface area contributed by atoms with E-state index in [0.717, 1.165) is 5.65 Å². The Hall–Kier alpha value is -2.76. The lowest BCUT2D eigenvalue weighted by Gasteiger charge is -2.03. The summed E-state index contributed by atoms with van der Waals surface area (Å²) in [5, 5.41) is 0. The average Bonchev–Trinajstić information content (AvgIpc) is 2.98. The van der Waals surface area contributed by atoms with Gasteiger partial charge in [0.05, 0.1) is 11.4 Å². The second-order valence-electron chi connectivity index (χ2n) is 4.54. The van der Waals surface area contributed by atoms with Gasteiger partial charge in [-0.3, -0.25) is 0 Å². The van der Waals surface area contributed by atoms with Gasteiger partial charge < -0.3 is 19.4 Å². The summed E-state index contributed by atoms with van der Waals surface area (Å²) in [6.45, 7) is 0.131. The predicted octanol–water partition coefficient (Wildman–Crippen LogP) is 1.61. The zero-order valence-electron chi connectivity index (χ0n) is 11.0. The molecule has 0 aliphatic heterocycles. The van der Waals surface area contributed by atoms with Crippen molar-refractivity contribution in [2.24, 2.45) is 7.05 Å². The van der Waals surface area contributed by atoms with Crippen molar-refractivity contribution < 1.29 is 9.53 Å². The number of rotatable bonds is 3. The second kappa shape index (κ2) is 4.73. The van der Waals surface area contributed by atoms with Crippen LogP contribution in [0.15, 0.2) is 42.9 Å². The van der Waals surface area contributed by atoms with Crippen molar-refractivity contribution in [2.75, 3.05) is 5.73 Å². The van der Waals surface area contributed by atoms with E-state index in [-0.39, 0.29) is 6.61 Å². The van der Waals surface area contributed by atoms with Gasteiger partial charge in [-0.05, 0) is 18.2 Å². The Kier molecular flexibility index (Phi) is 2.90. The van der Waals surface area contributed by atoms with E-state index in [1.54, 1.807) is 23.9 Å². The third-order valence-corrected chi connectivity index (χ3v) is 3.00. The van der Waals surface area contributed by atoms with Crippen molar-refractivity contribution >= 4 is 17.3 Å². The Morgan fingerprint density at radius 3 is 2.95 bits per heavy atom. The molecule has 0 amide bonds. The molecule has 3 aromatic rings. The zero-order chi connectivity index (χ0) is 14.1. The molecule has 0 fully saturated rings. The molecular weight excluding hydrogens is 256 g/mol. The number of nitrogens with two attached hydrogens (primary N) is 1. The molecule has 0 aromatic carbocycles. The van der Waals surface area contributed by atoms with Gasteiger partial charge in [0.15, 0.2) is 0 Å². The Bertz CT molecular complexity index is 739. The number of hydrogen-bond donors (Lipinski definition) is 1. The Balaban J connectivity index is 1.73. The van der Waals surface area contributed by atoms with Crippen molar-refractivity contribution in [3.63, 3.8) is 0 Å². The Labute approximate surface area is 115 Å². The van der Waals surface area contributed by atoms with Crippen LogP contribution in [0.25, 0.3) is 5.65 Å². The summed E-state index contributed by atoms with van der Waals surface area (Å²) in [4.78, 5) is 16.3. The third-order valence-electron chi connectivity index (χ3n) is 3.00. The van der Waals surface area contributed by atoms with E-state index in [2.05, 4.69) is 4.98 Å². The number of carbonyl (C=O) groups excluding carboxylic acids is 1. The fourth-order valence-corrected chi connectivity index (χ4v) is 2.06. The van der Waals surface area contributed by atoms with Gasteiger partial charge in [0.2, 0.25) is 0 Å². The molecule has 0 radical (unpaired) electrons. The number of nitrogens with zero attached hydrogens (tertiary/aromatic N) is 3. The van der Waals surface area contributed by atoms with E-state index >= 15 is 0 Å². The van der Waals surface area contributed by atoms with Crippen molar-refractivity contribution in [3.05, 3.63) is 54.2 Å². The quantitative estimate of drug-likeness (QED) is 0.734. The van der Waals surface area contributed by atoms with Gasteiger partial charge in [0.1, 0.15) is 17.9 Å². The number of fused-ring (bicyclic) bond motifs is 1. The van der Waals surface area contributed by atoms with Gasteiger partial charge in [-0.1, -0.05) is 6.07 Å². The summed E-state index contributed by atoms with van der Waals surface area (Å²) in [6.07, 6.45) is 5.40. The lowest BCUT2D eigenvalue weighted by Crippen LogP contribution is -2.09. The van der Waals surface area contributed by atoms with Gasteiger partial charge in [-0.25, -0.2) is 9.78 Å². The first kappa shape index (κ1) is 12.3. The summed E-state index contributed by atoms with van der Waals surface area (Å²) in [6, 6.07) is 7.30. The van der Waals surface area contributed by atoms with Crippen molar-refractivity contribution in [1.82, 2.24) is 14.0 Å². The van der Waals surface area contributed by atoms with Crippen LogP contribution in [0.2, 0.25) is 0 Å². The fraction of sp³-hybridized carbons (Fsp3) is 0.143. The lowest BCUT2D eigenvalue weighted by atomic mass is 10.4. The first-order valence-corrected chi connectivity index (χ1v) is 6.15. The molecule has 0 aliphatic carbocycles. The molecule has 0 aliphatic rings. The van der Waals surface area contributed by atoms with Crippen molar-refractivity contribution in [3.8, 4) is 0 Å². The molecule has 102 valence electrons. The minimum absolute atomic E-state index is 0.131. The first-order valence-electron chi connectivity index (χ1n) is 6.15. The number of nitrogen functional groups attached to an aromatic ring is 1. The van der Waals surface area contributed by atoms with Crippen LogP contribution in [0, 0.1) is 0 Å². The van der Waals surface area contributed by atoms with Gasteiger partial charge in [-0.15, -0.1) is 0 Å². The molecule has 0 spiro atoms. The molecule has 6 heteroatoms. The number of ether oxygens (including phenoxy) is 1. The number of aryl methyl sites for hydroxylation is 1. The van der Waals surface area contributed by atoms with E-state index < -0.39 is 5.97 Å². The van der Waals surface area contributed by atoms with Gasteiger partial charge in [0.25, 0.3) is 0 Å². The topological polar surface area (TPSA) is 74.5 Å². The molecule has 2 N–H and O–H groups in total. The smallest absolute Gasteiger partial charge is 0.355 e. The van der Waals surface area contributed by atoms with Gasteiger partial charge in [-0.2, -0.15) is 0 Å². The van der Waals surface area contributed by atoms with Crippen LogP contribution in [0.1, 0.15) is 16.2 Å². The normalized spacial score (nSPS) is 10.8. The number of aromatic nitrogens is 3. The van der Waals surface area contributed by atoms with Crippen LogP contribution >= 0.6 is 0 Å². The molecular formula is C14H14N4O2. The van der Waals surface area contributed by atoms with Crippen molar-refractivity contribution in [2.45, 2.75) is 6.61 Å². The third kappa shape index (κ3) is 2.23. The van der Waals surface area contributed by atoms with E-state index in [9.17, 15) is 4.79 Å². The van der Waals surface area contributed by atoms with E-state index in [4.69, 9.17) is 10.5 Å². The number of pyridine rings is 1. The fourth-order valence-electron chi connectivity index (χ4n) is 2.06. The maximum absolute atomic E-state index is 11.9. The van der Waals surface area contributed by atoms with E-state index in [1.807, 2.05) is 35.0 Å². The van der Waals surface area contributed by atoms with Gasteiger partial charge >= 0.3 is 5.97 Å². The lowest BCUT2D eigenvalue weighted by molar-refractivity contribution is 0.0457. The van der Waals surface area contributed by atoms with Crippen LogP contribution < -0.4 is 5.73 Å². The molecule has 3 heterocycles. The number of imidazole rings is 1. The molecule has 0 saturated carbocycles. The van der Waals surface area contributed by atoms with Crippen LogP contribution in [-0.4, -0.2) is 19.9 Å². The SMILES string of the molecule is Cn1cc(N)cc1C(=O)OCc1cn2ccccc2n1. The summed E-state index contributed by atoms with van der Waals surface area (Å²) < 4.78 is 8.77.